The zero-order chi connectivity index (χ0) is 15.0. The second-order valence-electron chi connectivity index (χ2n) is 5.35. The monoisotopic (exact) mass is 320 g/mol. The highest BCUT2D eigenvalue weighted by molar-refractivity contribution is 7.10. The number of anilines is 2. The number of thiophene rings is 1. The van der Waals surface area contributed by atoms with Crippen LogP contribution in [0.15, 0.2) is 35.7 Å². The molecule has 21 heavy (non-hydrogen) atoms. The number of hydrogen-bond donors (Lipinski definition) is 1. The first-order valence-corrected chi connectivity index (χ1v) is 8.21. The standard InChI is InChI=1S/C16H17ClN2OS/c1-10-9-14(18-13-5-3-12(17)4-6-13)16-15(7-8-21-16)19(10)11(2)20/h3-8,10,14,18H,9H2,1-2H3/t10-,14+/m0/s1. The Balaban J connectivity index is 1.89. The number of nitrogens with one attached hydrogen (secondary N) is 1. The molecule has 2 atom stereocenters. The molecule has 1 aliphatic heterocycles. The third kappa shape index (κ3) is 2.78. The second kappa shape index (κ2) is 5.70. The van der Waals surface area contributed by atoms with Crippen molar-refractivity contribution in [2.24, 2.45) is 0 Å². The fourth-order valence-electron chi connectivity index (χ4n) is 2.92. The van der Waals surface area contributed by atoms with E-state index in [0.29, 0.717) is 0 Å². The predicted molar refractivity (Wildman–Crippen MR) is 89.4 cm³/mol. The van der Waals surface area contributed by atoms with Crippen LogP contribution in [-0.2, 0) is 4.79 Å². The minimum absolute atomic E-state index is 0.104. The largest absolute Gasteiger partial charge is 0.377 e. The molecule has 0 saturated heterocycles. The van der Waals surface area contributed by atoms with Crippen LogP contribution < -0.4 is 10.2 Å². The third-order valence-corrected chi connectivity index (χ3v) is 5.06. The Labute approximate surface area is 133 Å². The van der Waals surface area contributed by atoms with Gasteiger partial charge in [-0.1, -0.05) is 11.6 Å². The van der Waals surface area contributed by atoms with Gasteiger partial charge < -0.3 is 10.2 Å². The van der Waals surface area contributed by atoms with E-state index in [2.05, 4.69) is 17.6 Å². The van der Waals surface area contributed by atoms with Gasteiger partial charge >= 0.3 is 0 Å². The van der Waals surface area contributed by atoms with Gasteiger partial charge in [0.15, 0.2) is 0 Å². The summed E-state index contributed by atoms with van der Waals surface area (Å²) in [5, 5.41) is 6.34. The first-order valence-electron chi connectivity index (χ1n) is 6.95. The maximum Gasteiger partial charge on any atom is 0.224 e. The maximum absolute atomic E-state index is 11.9. The van der Waals surface area contributed by atoms with E-state index in [1.165, 1.54) is 4.88 Å². The van der Waals surface area contributed by atoms with Crippen LogP contribution in [0.3, 0.4) is 0 Å². The summed E-state index contributed by atoms with van der Waals surface area (Å²) < 4.78 is 0. The number of halogens is 1. The maximum atomic E-state index is 11.9. The lowest BCUT2D eigenvalue weighted by atomic mass is 9.98. The van der Waals surface area contributed by atoms with Crippen LogP contribution in [0.5, 0.6) is 0 Å². The van der Waals surface area contributed by atoms with Crippen LogP contribution in [0.25, 0.3) is 0 Å². The average molecular weight is 321 g/mol. The summed E-state index contributed by atoms with van der Waals surface area (Å²) in [7, 11) is 0. The van der Waals surface area contributed by atoms with Gasteiger partial charge in [0, 0.05) is 23.7 Å². The molecule has 110 valence electrons. The summed E-state index contributed by atoms with van der Waals surface area (Å²) in [6.07, 6.45) is 0.899. The molecule has 1 amide bonds. The normalized spacial score (nSPS) is 21.0. The van der Waals surface area contributed by atoms with Crippen molar-refractivity contribution in [1.82, 2.24) is 0 Å². The molecule has 1 aromatic heterocycles. The number of carbonyl (C=O) groups excluding carboxylic acids is 1. The lowest BCUT2D eigenvalue weighted by Crippen LogP contribution is -2.42. The molecule has 0 radical (unpaired) electrons. The smallest absolute Gasteiger partial charge is 0.224 e. The Morgan fingerprint density at radius 3 is 2.71 bits per heavy atom. The zero-order valence-corrected chi connectivity index (χ0v) is 13.5. The summed E-state index contributed by atoms with van der Waals surface area (Å²) in [5.74, 6) is 0.104. The highest BCUT2D eigenvalue weighted by Crippen LogP contribution is 2.42. The molecule has 3 nitrogen and oxygen atoms in total. The van der Waals surface area contributed by atoms with Gasteiger partial charge in [0.2, 0.25) is 5.91 Å². The Bertz CT molecular complexity index is 653. The van der Waals surface area contributed by atoms with Gasteiger partial charge in [-0.05, 0) is 49.1 Å². The fourth-order valence-corrected chi connectivity index (χ4v) is 3.99. The summed E-state index contributed by atoms with van der Waals surface area (Å²) >= 11 is 7.62. The van der Waals surface area contributed by atoms with E-state index in [1.54, 1.807) is 18.3 Å². The molecule has 0 bridgehead atoms. The van der Waals surface area contributed by atoms with Gasteiger partial charge in [-0.2, -0.15) is 0 Å². The average Bonchev–Trinajstić information content (AvgIpc) is 2.90. The SMILES string of the molecule is CC(=O)N1c2ccsc2[C@H](Nc2ccc(Cl)cc2)C[C@@H]1C. The van der Waals surface area contributed by atoms with E-state index >= 15 is 0 Å². The number of fused-ring (bicyclic) bond motifs is 1. The summed E-state index contributed by atoms with van der Waals surface area (Å²) in [5.41, 5.74) is 2.09. The zero-order valence-electron chi connectivity index (χ0n) is 12.0. The van der Waals surface area contributed by atoms with Gasteiger partial charge in [-0.25, -0.2) is 0 Å². The molecule has 0 saturated carbocycles. The van der Waals surface area contributed by atoms with Crippen LogP contribution in [0.4, 0.5) is 11.4 Å². The molecule has 0 aliphatic carbocycles. The number of amides is 1. The van der Waals surface area contributed by atoms with Crippen LogP contribution in [0.2, 0.25) is 5.02 Å². The molecular weight excluding hydrogens is 304 g/mol. The van der Waals surface area contributed by atoms with E-state index in [1.807, 2.05) is 35.2 Å². The van der Waals surface area contributed by atoms with E-state index in [4.69, 9.17) is 11.6 Å². The van der Waals surface area contributed by atoms with Crippen molar-refractivity contribution in [2.75, 3.05) is 10.2 Å². The molecule has 1 aromatic carbocycles. The number of carbonyl (C=O) groups is 1. The molecule has 0 unspecified atom stereocenters. The Morgan fingerprint density at radius 1 is 1.33 bits per heavy atom. The van der Waals surface area contributed by atoms with Gasteiger partial charge in [-0.15, -0.1) is 11.3 Å². The first-order chi connectivity index (χ1) is 10.1. The quantitative estimate of drug-likeness (QED) is 0.869. The van der Waals surface area contributed by atoms with Gasteiger partial charge in [0.05, 0.1) is 16.6 Å². The molecule has 3 rings (SSSR count). The van der Waals surface area contributed by atoms with Crippen molar-refractivity contribution in [1.29, 1.82) is 0 Å². The molecule has 1 aliphatic rings. The Kier molecular flexibility index (Phi) is 3.91. The molecule has 0 spiro atoms. The molecule has 2 aromatic rings. The second-order valence-corrected chi connectivity index (χ2v) is 6.73. The van der Waals surface area contributed by atoms with Crippen molar-refractivity contribution in [2.45, 2.75) is 32.4 Å². The van der Waals surface area contributed by atoms with Gasteiger partial charge in [0.1, 0.15) is 0 Å². The van der Waals surface area contributed by atoms with Crippen molar-refractivity contribution >= 4 is 40.2 Å². The lowest BCUT2D eigenvalue weighted by Gasteiger charge is -2.37. The van der Waals surface area contributed by atoms with E-state index in [0.717, 1.165) is 22.8 Å². The number of hydrogen-bond acceptors (Lipinski definition) is 3. The van der Waals surface area contributed by atoms with Gasteiger partial charge in [0.25, 0.3) is 0 Å². The minimum Gasteiger partial charge on any atom is -0.377 e. The molecule has 0 fully saturated rings. The number of benzene rings is 1. The topological polar surface area (TPSA) is 32.3 Å². The Morgan fingerprint density at radius 2 is 2.05 bits per heavy atom. The number of rotatable bonds is 2. The Hall–Kier alpha value is -1.52. The van der Waals surface area contributed by atoms with Gasteiger partial charge in [-0.3, -0.25) is 4.79 Å². The summed E-state index contributed by atoms with van der Waals surface area (Å²) in [6, 6.07) is 10.2. The van der Waals surface area contributed by atoms with Crippen LogP contribution in [0.1, 0.15) is 31.2 Å². The van der Waals surface area contributed by atoms with Crippen molar-refractivity contribution in [3.63, 3.8) is 0 Å². The van der Waals surface area contributed by atoms with E-state index < -0.39 is 0 Å². The highest BCUT2D eigenvalue weighted by Gasteiger charge is 2.33. The molecular formula is C16H17ClN2OS. The van der Waals surface area contributed by atoms with Crippen LogP contribution in [0, 0.1) is 0 Å². The fraction of sp³-hybridized carbons (Fsp3) is 0.312. The van der Waals surface area contributed by atoms with Crippen LogP contribution in [-0.4, -0.2) is 11.9 Å². The minimum atomic E-state index is 0.104. The van der Waals surface area contributed by atoms with E-state index in [9.17, 15) is 4.79 Å². The van der Waals surface area contributed by atoms with E-state index in [-0.39, 0.29) is 18.0 Å². The third-order valence-electron chi connectivity index (χ3n) is 3.79. The van der Waals surface area contributed by atoms with Crippen molar-refractivity contribution in [3.8, 4) is 0 Å². The van der Waals surface area contributed by atoms with Crippen LogP contribution >= 0.6 is 22.9 Å². The molecule has 2 heterocycles. The highest BCUT2D eigenvalue weighted by atomic mass is 35.5. The number of nitrogens with zero attached hydrogens (tertiary/aromatic N) is 1. The predicted octanol–water partition coefficient (Wildman–Crippen LogP) is 4.70. The molecule has 5 heteroatoms. The molecule has 1 N–H and O–H groups in total. The van der Waals surface area contributed by atoms with Crippen molar-refractivity contribution < 1.29 is 4.79 Å². The summed E-state index contributed by atoms with van der Waals surface area (Å²) in [6.45, 7) is 3.73. The first kappa shape index (κ1) is 14.4. The van der Waals surface area contributed by atoms with Crippen molar-refractivity contribution in [3.05, 3.63) is 45.6 Å². The summed E-state index contributed by atoms with van der Waals surface area (Å²) in [4.78, 5) is 15.0. The lowest BCUT2D eigenvalue weighted by molar-refractivity contribution is -0.117.